The van der Waals surface area contributed by atoms with Gasteiger partial charge >= 0.3 is 0 Å². The van der Waals surface area contributed by atoms with Gasteiger partial charge in [-0.25, -0.2) is 4.98 Å². The van der Waals surface area contributed by atoms with Gasteiger partial charge in [0, 0.05) is 48.5 Å². The van der Waals surface area contributed by atoms with Gasteiger partial charge in [-0.05, 0) is 64.1 Å². The summed E-state index contributed by atoms with van der Waals surface area (Å²) in [5.41, 5.74) is 6.72. The lowest BCUT2D eigenvalue weighted by atomic mass is 10.1. The van der Waals surface area contributed by atoms with E-state index in [0.29, 0.717) is 0 Å². The quantitative estimate of drug-likeness (QED) is 0.570. The highest BCUT2D eigenvalue weighted by Gasteiger charge is 2.17. The van der Waals surface area contributed by atoms with E-state index in [-0.39, 0.29) is 5.54 Å². The van der Waals surface area contributed by atoms with Gasteiger partial charge in [0.2, 0.25) is 0 Å². The third kappa shape index (κ3) is 4.80. The summed E-state index contributed by atoms with van der Waals surface area (Å²) >= 11 is 0. The van der Waals surface area contributed by atoms with Crippen LogP contribution in [0, 0.1) is 0 Å². The number of aliphatic imine (C=N–C) groups is 1. The molecule has 0 aliphatic heterocycles. The van der Waals surface area contributed by atoms with E-state index in [1.165, 1.54) is 5.69 Å². The van der Waals surface area contributed by atoms with Crippen LogP contribution in [0.3, 0.4) is 0 Å². The molecular formula is C24H29N5. The molecule has 3 aromatic rings. The first-order valence-electron chi connectivity index (χ1n) is 9.78. The highest BCUT2D eigenvalue weighted by atomic mass is 15.2. The fourth-order valence-corrected chi connectivity index (χ4v) is 3.00. The maximum Gasteiger partial charge on any atom is 0.0915 e. The highest BCUT2D eigenvalue weighted by molar-refractivity contribution is 6.09. The molecule has 0 aliphatic carbocycles. The van der Waals surface area contributed by atoms with Crippen molar-refractivity contribution in [3.8, 4) is 0 Å². The van der Waals surface area contributed by atoms with Gasteiger partial charge in [-0.2, -0.15) is 0 Å². The molecule has 0 atom stereocenters. The van der Waals surface area contributed by atoms with Gasteiger partial charge < -0.3 is 10.2 Å². The standard InChI is InChI=1S/C24H29N5/c1-7-17(15-25-5)23-16-26-21-12-11-19(14-22(21)28-23)27-18-9-8-10-20(13-18)29(6)24(2,3)4/h7-16,27H,1-6H3/b17-7+,25-15-. The van der Waals surface area contributed by atoms with Crippen molar-refractivity contribution < 1.29 is 0 Å². The van der Waals surface area contributed by atoms with Gasteiger partial charge in [0.1, 0.15) is 0 Å². The Morgan fingerprint density at radius 2 is 1.83 bits per heavy atom. The maximum absolute atomic E-state index is 4.78. The average molecular weight is 388 g/mol. The summed E-state index contributed by atoms with van der Waals surface area (Å²) in [6, 6.07) is 14.5. The van der Waals surface area contributed by atoms with Gasteiger partial charge in [0.25, 0.3) is 0 Å². The largest absolute Gasteiger partial charge is 0.370 e. The molecule has 5 heteroatoms. The fourth-order valence-electron chi connectivity index (χ4n) is 3.00. The first-order chi connectivity index (χ1) is 13.8. The minimum Gasteiger partial charge on any atom is -0.370 e. The Kier molecular flexibility index (Phi) is 5.97. The van der Waals surface area contributed by atoms with Crippen LogP contribution < -0.4 is 10.2 Å². The molecule has 0 amide bonds. The van der Waals surface area contributed by atoms with E-state index in [9.17, 15) is 0 Å². The summed E-state index contributed by atoms with van der Waals surface area (Å²) in [5.74, 6) is 0. The molecule has 0 saturated carbocycles. The zero-order chi connectivity index (χ0) is 21.0. The first-order valence-corrected chi connectivity index (χ1v) is 9.78. The van der Waals surface area contributed by atoms with Crippen LogP contribution in [-0.2, 0) is 0 Å². The molecule has 150 valence electrons. The second-order valence-electron chi connectivity index (χ2n) is 8.00. The number of anilines is 3. The molecule has 0 spiro atoms. The van der Waals surface area contributed by atoms with Crippen molar-refractivity contribution in [3.05, 3.63) is 60.4 Å². The number of rotatable bonds is 5. The van der Waals surface area contributed by atoms with Crippen LogP contribution >= 0.6 is 0 Å². The molecule has 0 aliphatic rings. The van der Waals surface area contributed by atoms with Crippen molar-refractivity contribution in [3.63, 3.8) is 0 Å². The van der Waals surface area contributed by atoms with Gasteiger partial charge in [-0.3, -0.25) is 9.98 Å². The number of allylic oxidation sites excluding steroid dienone is 2. The Morgan fingerprint density at radius 3 is 2.52 bits per heavy atom. The van der Waals surface area contributed by atoms with Crippen LogP contribution in [0.25, 0.3) is 16.6 Å². The van der Waals surface area contributed by atoms with E-state index < -0.39 is 0 Å². The van der Waals surface area contributed by atoms with Gasteiger partial charge in [-0.1, -0.05) is 12.1 Å². The van der Waals surface area contributed by atoms with Gasteiger partial charge in [-0.15, -0.1) is 0 Å². The average Bonchev–Trinajstić information content (AvgIpc) is 2.70. The number of fused-ring (bicyclic) bond motifs is 1. The predicted octanol–water partition coefficient (Wildman–Crippen LogP) is 5.71. The lowest BCUT2D eigenvalue weighted by Gasteiger charge is -2.34. The van der Waals surface area contributed by atoms with E-state index >= 15 is 0 Å². The number of nitrogens with zero attached hydrogens (tertiary/aromatic N) is 4. The van der Waals surface area contributed by atoms with Crippen LogP contribution in [0.15, 0.2) is 59.7 Å². The van der Waals surface area contributed by atoms with Gasteiger partial charge in [0.15, 0.2) is 0 Å². The normalized spacial score (nSPS) is 12.6. The van der Waals surface area contributed by atoms with Crippen LogP contribution in [0.1, 0.15) is 33.4 Å². The summed E-state index contributed by atoms with van der Waals surface area (Å²) < 4.78 is 0. The minimum absolute atomic E-state index is 0.0554. The van der Waals surface area contributed by atoms with E-state index in [1.807, 2.05) is 31.2 Å². The summed E-state index contributed by atoms with van der Waals surface area (Å²) in [6.07, 6.45) is 5.58. The number of hydrogen-bond acceptors (Lipinski definition) is 5. The van der Waals surface area contributed by atoms with Crippen molar-refractivity contribution in [2.45, 2.75) is 33.2 Å². The Morgan fingerprint density at radius 1 is 1.07 bits per heavy atom. The van der Waals surface area contributed by atoms with Crippen molar-refractivity contribution in [2.24, 2.45) is 4.99 Å². The Hall–Kier alpha value is -3.21. The first kappa shape index (κ1) is 20.5. The number of aromatic nitrogens is 2. The van der Waals surface area contributed by atoms with E-state index in [2.05, 4.69) is 72.3 Å². The molecule has 0 saturated heterocycles. The lowest BCUT2D eigenvalue weighted by molar-refractivity contribution is 0.539. The second-order valence-corrected chi connectivity index (χ2v) is 8.00. The fraction of sp³-hybridized carbons (Fsp3) is 0.292. The minimum atomic E-state index is 0.0554. The molecule has 1 heterocycles. The van der Waals surface area contributed by atoms with Crippen LogP contribution in [0.2, 0.25) is 0 Å². The van der Waals surface area contributed by atoms with Crippen molar-refractivity contribution in [1.29, 1.82) is 0 Å². The molecule has 1 aromatic heterocycles. The molecule has 0 radical (unpaired) electrons. The Balaban J connectivity index is 1.91. The van der Waals surface area contributed by atoms with Crippen LogP contribution in [-0.4, -0.2) is 35.8 Å². The molecular weight excluding hydrogens is 358 g/mol. The van der Waals surface area contributed by atoms with Crippen molar-refractivity contribution in [2.75, 3.05) is 24.3 Å². The summed E-state index contributed by atoms with van der Waals surface area (Å²) in [5, 5.41) is 3.50. The Labute approximate surface area is 173 Å². The highest BCUT2D eigenvalue weighted by Crippen LogP contribution is 2.27. The number of benzene rings is 2. The molecule has 5 nitrogen and oxygen atoms in total. The smallest absolute Gasteiger partial charge is 0.0915 e. The molecule has 1 N–H and O–H groups in total. The zero-order valence-corrected chi connectivity index (χ0v) is 18.1. The van der Waals surface area contributed by atoms with Crippen molar-refractivity contribution in [1.82, 2.24) is 9.97 Å². The molecule has 0 unspecified atom stereocenters. The summed E-state index contributed by atoms with van der Waals surface area (Å²) in [4.78, 5) is 15.7. The predicted molar refractivity (Wildman–Crippen MR) is 125 cm³/mol. The summed E-state index contributed by atoms with van der Waals surface area (Å²) in [6.45, 7) is 8.58. The SMILES string of the molecule is C/C=C(\C=N/C)c1cnc2ccc(Nc3cccc(N(C)C(C)(C)C)c3)cc2n1. The molecule has 29 heavy (non-hydrogen) atoms. The second kappa shape index (κ2) is 8.43. The third-order valence-electron chi connectivity index (χ3n) is 4.95. The van der Waals surface area contributed by atoms with E-state index in [0.717, 1.165) is 33.7 Å². The van der Waals surface area contributed by atoms with E-state index in [1.54, 1.807) is 19.5 Å². The third-order valence-corrected chi connectivity index (χ3v) is 4.95. The molecule has 3 rings (SSSR count). The molecule has 2 aromatic carbocycles. The molecule has 0 bridgehead atoms. The van der Waals surface area contributed by atoms with Crippen LogP contribution in [0.5, 0.6) is 0 Å². The van der Waals surface area contributed by atoms with E-state index in [4.69, 9.17) is 4.98 Å². The Bertz CT molecular complexity index is 1060. The van der Waals surface area contributed by atoms with Crippen molar-refractivity contribution >= 4 is 39.9 Å². The zero-order valence-electron chi connectivity index (χ0n) is 18.1. The summed E-state index contributed by atoms with van der Waals surface area (Å²) in [7, 11) is 3.87. The number of hydrogen-bond donors (Lipinski definition) is 1. The lowest BCUT2D eigenvalue weighted by Crippen LogP contribution is -2.37. The monoisotopic (exact) mass is 387 g/mol. The maximum atomic E-state index is 4.78. The van der Waals surface area contributed by atoms with Crippen LogP contribution in [0.4, 0.5) is 17.1 Å². The molecule has 0 fully saturated rings. The number of nitrogens with one attached hydrogen (secondary N) is 1. The topological polar surface area (TPSA) is 53.4 Å². The van der Waals surface area contributed by atoms with Gasteiger partial charge in [0.05, 0.1) is 22.9 Å².